The van der Waals surface area contributed by atoms with Crippen LogP contribution in [0.15, 0.2) is 41.3 Å². The molecule has 1 heterocycles. The molecule has 3 amide bonds. The van der Waals surface area contributed by atoms with Crippen LogP contribution in [0.5, 0.6) is 11.5 Å². The molecular weight excluding hydrogens is 611 g/mol. The van der Waals surface area contributed by atoms with E-state index in [0.717, 1.165) is 16.7 Å². The summed E-state index contributed by atoms with van der Waals surface area (Å²) in [6, 6.07) is 10.0. The van der Waals surface area contributed by atoms with E-state index in [1.54, 1.807) is 43.3 Å². The summed E-state index contributed by atoms with van der Waals surface area (Å²) in [6.45, 7) is 1.39. The van der Waals surface area contributed by atoms with Crippen molar-refractivity contribution >= 4 is 80.7 Å². The van der Waals surface area contributed by atoms with Gasteiger partial charge >= 0.3 is 5.97 Å². The number of imide groups is 1. The molecule has 184 valence electrons. The van der Waals surface area contributed by atoms with Gasteiger partial charge in [0.25, 0.3) is 11.1 Å². The number of anilines is 1. The third-order valence-electron chi connectivity index (χ3n) is 4.51. The number of carbonyl (C=O) groups is 4. The lowest BCUT2D eigenvalue weighted by Crippen LogP contribution is -2.36. The van der Waals surface area contributed by atoms with E-state index in [9.17, 15) is 19.2 Å². The fourth-order valence-corrected chi connectivity index (χ4v) is 4.75. The third-order valence-corrected chi connectivity index (χ3v) is 6.55. The second-order valence-electron chi connectivity index (χ2n) is 6.92. The fourth-order valence-electron chi connectivity index (χ4n) is 2.95. The smallest absolute Gasteiger partial charge is 0.343 e. The maximum atomic E-state index is 12.8. The molecule has 2 aromatic carbocycles. The topological polar surface area (TPSA) is 111 Å². The Labute approximate surface area is 224 Å². The summed E-state index contributed by atoms with van der Waals surface area (Å²) in [5.41, 5.74) is 0.962. The van der Waals surface area contributed by atoms with Crippen molar-refractivity contribution in [2.75, 3.05) is 32.2 Å². The highest BCUT2D eigenvalue weighted by Crippen LogP contribution is 2.37. The predicted molar refractivity (Wildman–Crippen MR) is 141 cm³/mol. The van der Waals surface area contributed by atoms with Crippen LogP contribution in [-0.2, 0) is 19.1 Å². The first kappa shape index (κ1) is 26.8. The molecule has 0 aliphatic carbocycles. The highest BCUT2D eigenvalue weighted by atomic mass is 127. The molecule has 0 bridgehead atoms. The Morgan fingerprint density at radius 2 is 1.94 bits per heavy atom. The minimum absolute atomic E-state index is 0.155. The maximum absolute atomic E-state index is 12.8. The van der Waals surface area contributed by atoms with Crippen molar-refractivity contribution in [2.45, 2.75) is 6.92 Å². The summed E-state index contributed by atoms with van der Waals surface area (Å²) in [4.78, 5) is 50.2. The molecule has 2 aromatic rings. The first-order valence-corrected chi connectivity index (χ1v) is 12.5. The van der Waals surface area contributed by atoms with Crippen LogP contribution < -0.4 is 14.8 Å². The average Bonchev–Trinajstić information content (AvgIpc) is 3.07. The SMILES string of the molecule is CCOc1cc(/C=C2/SC(=O)N(CC(=O)Nc3ccccc3Cl)C2=O)cc(I)c1OCC(=O)OC. The number of ether oxygens (including phenoxy) is 3. The number of carbonyl (C=O) groups excluding carboxylic acids is 4. The van der Waals surface area contributed by atoms with Gasteiger partial charge in [-0.1, -0.05) is 23.7 Å². The van der Waals surface area contributed by atoms with Gasteiger partial charge in [0.15, 0.2) is 18.1 Å². The fraction of sp³-hybridized carbons (Fsp3) is 0.217. The molecule has 12 heteroatoms. The van der Waals surface area contributed by atoms with Gasteiger partial charge in [0.05, 0.1) is 32.9 Å². The average molecular weight is 631 g/mol. The van der Waals surface area contributed by atoms with Crippen LogP contribution >= 0.6 is 46.0 Å². The summed E-state index contributed by atoms with van der Waals surface area (Å²) in [7, 11) is 1.26. The second-order valence-corrected chi connectivity index (χ2v) is 9.49. The summed E-state index contributed by atoms with van der Waals surface area (Å²) in [6.07, 6.45) is 1.53. The van der Waals surface area contributed by atoms with Crippen LogP contribution in [0.25, 0.3) is 6.08 Å². The largest absolute Gasteiger partial charge is 0.490 e. The number of rotatable bonds is 9. The maximum Gasteiger partial charge on any atom is 0.343 e. The van der Waals surface area contributed by atoms with E-state index in [2.05, 4.69) is 10.1 Å². The van der Waals surface area contributed by atoms with Gasteiger partial charge in [-0.05, 0) is 77.2 Å². The van der Waals surface area contributed by atoms with Crippen LogP contribution in [-0.4, -0.2) is 54.8 Å². The first-order valence-electron chi connectivity index (χ1n) is 10.2. The van der Waals surface area contributed by atoms with E-state index < -0.39 is 29.6 Å². The van der Waals surface area contributed by atoms with Crippen molar-refractivity contribution in [3.8, 4) is 11.5 Å². The van der Waals surface area contributed by atoms with E-state index >= 15 is 0 Å². The van der Waals surface area contributed by atoms with Gasteiger partial charge in [0.2, 0.25) is 5.91 Å². The molecule has 1 saturated heterocycles. The zero-order valence-electron chi connectivity index (χ0n) is 18.6. The third kappa shape index (κ3) is 6.89. The number of methoxy groups -OCH3 is 1. The van der Waals surface area contributed by atoms with E-state index in [-0.39, 0.29) is 11.5 Å². The molecule has 1 fully saturated rings. The summed E-state index contributed by atoms with van der Waals surface area (Å²) >= 11 is 8.79. The summed E-state index contributed by atoms with van der Waals surface area (Å²) in [5, 5.41) is 2.37. The van der Waals surface area contributed by atoms with Crippen LogP contribution in [0, 0.1) is 3.57 Å². The molecule has 3 rings (SSSR count). The monoisotopic (exact) mass is 630 g/mol. The molecule has 1 aliphatic heterocycles. The minimum Gasteiger partial charge on any atom is -0.490 e. The number of amides is 3. The van der Waals surface area contributed by atoms with Crippen LogP contribution in [0.1, 0.15) is 12.5 Å². The van der Waals surface area contributed by atoms with E-state index in [4.69, 9.17) is 21.1 Å². The number of para-hydroxylation sites is 1. The summed E-state index contributed by atoms with van der Waals surface area (Å²) in [5.74, 6) is -0.956. The lowest BCUT2D eigenvalue weighted by molar-refractivity contribution is -0.143. The number of benzene rings is 2. The standard InChI is InChI=1S/C23H20ClIN2O7S/c1-3-33-17-9-13(8-15(25)21(17)34-12-20(29)32-2)10-18-22(30)27(23(31)35-18)11-19(28)26-16-7-5-4-6-14(16)24/h4-10H,3,11-12H2,1-2H3,(H,26,28)/b18-10+. The number of esters is 1. The van der Waals surface area contributed by atoms with Gasteiger partial charge in [-0.3, -0.25) is 19.3 Å². The Bertz CT molecular complexity index is 1200. The van der Waals surface area contributed by atoms with E-state index in [1.807, 2.05) is 22.6 Å². The number of nitrogens with zero attached hydrogens (tertiary/aromatic N) is 1. The van der Waals surface area contributed by atoms with Crippen LogP contribution in [0.4, 0.5) is 10.5 Å². The van der Waals surface area contributed by atoms with Crippen LogP contribution in [0.3, 0.4) is 0 Å². The Balaban J connectivity index is 1.77. The first-order chi connectivity index (χ1) is 16.7. The normalized spacial score (nSPS) is 14.3. The summed E-state index contributed by atoms with van der Waals surface area (Å²) < 4.78 is 16.4. The zero-order valence-corrected chi connectivity index (χ0v) is 22.4. The molecule has 0 spiro atoms. The number of thioether (sulfide) groups is 1. The highest BCUT2D eigenvalue weighted by Gasteiger charge is 2.36. The van der Waals surface area contributed by atoms with Crippen molar-refractivity contribution in [1.29, 1.82) is 0 Å². The Morgan fingerprint density at radius 1 is 1.20 bits per heavy atom. The lowest BCUT2D eigenvalue weighted by atomic mass is 10.2. The lowest BCUT2D eigenvalue weighted by Gasteiger charge is -2.14. The van der Waals surface area contributed by atoms with Crippen LogP contribution in [0.2, 0.25) is 5.02 Å². The molecule has 1 aliphatic rings. The number of hydrogen-bond acceptors (Lipinski definition) is 8. The van der Waals surface area contributed by atoms with Gasteiger partial charge in [-0.15, -0.1) is 0 Å². The molecule has 0 radical (unpaired) electrons. The van der Waals surface area contributed by atoms with Gasteiger partial charge in [-0.2, -0.15) is 0 Å². The molecule has 0 aromatic heterocycles. The molecule has 9 nitrogen and oxygen atoms in total. The molecule has 0 atom stereocenters. The minimum atomic E-state index is -0.590. The van der Waals surface area contributed by atoms with Gasteiger partial charge < -0.3 is 19.5 Å². The van der Waals surface area contributed by atoms with Crippen molar-refractivity contribution in [3.63, 3.8) is 0 Å². The second kappa shape index (κ2) is 12.3. The van der Waals surface area contributed by atoms with Crippen molar-refractivity contribution in [3.05, 3.63) is 55.5 Å². The number of hydrogen-bond donors (Lipinski definition) is 1. The Morgan fingerprint density at radius 3 is 2.63 bits per heavy atom. The Hall–Kier alpha value is -2.77. The molecule has 0 unspecified atom stereocenters. The van der Waals surface area contributed by atoms with Gasteiger partial charge in [0, 0.05) is 0 Å². The van der Waals surface area contributed by atoms with Crippen molar-refractivity contribution < 1.29 is 33.4 Å². The molecule has 1 N–H and O–H groups in total. The van der Waals surface area contributed by atoms with Crippen molar-refractivity contribution in [2.24, 2.45) is 0 Å². The zero-order chi connectivity index (χ0) is 25.5. The highest BCUT2D eigenvalue weighted by molar-refractivity contribution is 14.1. The van der Waals surface area contributed by atoms with E-state index in [1.165, 1.54) is 13.2 Å². The molecule has 35 heavy (non-hydrogen) atoms. The van der Waals surface area contributed by atoms with Gasteiger partial charge in [-0.25, -0.2) is 4.79 Å². The number of nitrogens with one attached hydrogen (secondary N) is 1. The quantitative estimate of drug-likeness (QED) is 0.244. The number of halogens is 2. The van der Waals surface area contributed by atoms with Gasteiger partial charge in [0.1, 0.15) is 6.54 Å². The van der Waals surface area contributed by atoms with E-state index in [0.29, 0.717) is 37.9 Å². The Kier molecular flexibility index (Phi) is 9.40. The van der Waals surface area contributed by atoms with Crippen molar-refractivity contribution in [1.82, 2.24) is 4.90 Å². The predicted octanol–water partition coefficient (Wildman–Crippen LogP) is 4.57. The molecule has 0 saturated carbocycles. The molecular formula is C23H20ClIN2O7S.